The highest BCUT2D eigenvalue weighted by atomic mass is 16.2. The lowest BCUT2D eigenvalue weighted by molar-refractivity contribution is -0.146. The fourth-order valence-electron chi connectivity index (χ4n) is 7.26. The van der Waals surface area contributed by atoms with Crippen LogP contribution in [0.5, 0.6) is 0 Å². The fraction of sp³-hybridized carbons (Fsp3) is 0.704. The van der Waals surface area contributed by atoms with E-state index in [0.717, 1.165) is 55.2 Å². The lowest BCUT2D eigenvalue weighted by Crippen LogP contribution is -2.53. The summed E-state index contributed by atoms with van der Waals surface area (Å²) in [5, 5.41) is 6.09. The molecule has 0 atom stereocenters. The molecule has 2 amide bonds. The SMILES string of the molecule is CC1CCN(Cc2ccc(NC(=O)CCNC(=O)C34CC5CC(CC(C5)C3)C4)cc2)CC1. The molecular weight excluding hydrogens is 398 g/mol. The van der Waals surface area contributed by atoms with Gasteiger partial charge >= 0.3 is 0 Å². The summed E-state index contributed by atoms with van der Waals surface area (Å²) in [6.45, 7) is 6.10. The molecule has 0 radical (unpaired) electrons. The van der Waals surface area contributed by atoms with Gasteiger partial charge in [0.05, 0.1) is 0 Å². The number of anilines is 1. The minimum atomic E-state index is -0.131. The summed E-state index contributed by atoms with van der Waals surface area (Å²) in [6.07, 6.45) is 10.1. The number of nitrogens with one attached hydrogen (secondary N) is 2. The minimum Gasteiger partial charge on any atom is -0.355 e. The second kappa shape index (κ2) is 9.17. The highest BCUT2D eigenvalue weighted by Crippen LogP contribution is 2.60. The van der Waals surface area contributed by atoms with E-state index in [2.05, 4.69) is 34.6 Å². The van der Waals surface area contributed by atoms with E-state index in [9.17, 15) is 9.59 Å². The number of likely N-dealkylation sites (tertiary alicyclic amines) is 1. The first-order valence-corrected chi connectivity index (χ1v) is 12.9. The van der Waals surface area contributed by atoms with Crippen molar-refractivity contribution in [2.24, 2.45) is 29.1 Å². The van der Waals surface area contributed by atoms with Gasteiger partial charge in [-0.15, -0.1) is 0 Å². The van der Waals surface area contributed by atoms with Gasteiger partial charge in [0.2, 0.25) is 11.8 Å². The molecule has 1 saturated heterocycles. The van der Waals surface area contributed by atoms with Gasteiger partial charge < -0.3 is 10.6 Å². The van der Waals surface area contributed by atoms with Crippen molar-refractivity contribution >= 4 is 17.5 Å². The molecule has 4 saturated carbocycles. The van der Waals surface area contributed by atoms with Crippen molar-refractivity contribution < 1.29 is 9.59 Å². The van der Waals surface area contributed by atoms with E-state index in [-0.39, 0.29) is 17.2 Å². The molecule has 174 valence electrons. The third kappa shape index (κ3) is 4.88. The van der Waals surface area contributed by atoms with Crippen LogP contribution in [0, 0.1) is 29.1 Å². The normalized spacial score (nSPS) is 32.1. The van der Waals surface area contributed by atoms with Crippen molar-refractivity contribution in [3.8, 4) is 0 Å². The summed E-state index contributed by atoms with van der Waals surface area (Å²) < 4.78 is 0. The fourth-order valence-corrected chi connectivity index (χ4v) is 7.26. The molecule has 0 aromatic heterocycles. The molecule has 2 N–H and O–H groups in total. The van der Waals surface area contributed by atoms with Crippen LogP contribution in [0.15, 0.2) is 24.3 Å². The predicted octanol–water partition coefficient (Wildman–Crippen LogP) is 4.58. The van der Waals surface area contributed by atoms with Crippen molar-refractivity contribution in [2.75, 3.05) is 25.0 Å². The molecule has 6 rings (SSSR count). The first-order valence-electron chi connectivity index (χ1n) is 12.9. The molecule has 5 nitrogen and oxygen atoms in total. The molecule has 1 aromatic rings. The third-order valence-corrected chi connectivity index (χ3v) is 8.68. The molecule has 5 aliphatic rings. The summed E-state index contributed by atoms with van der Waals surface area (Å²) in [7, 11) is 0. The van der Waals surface area contributed by atoms with Crippen LogP contribution in [0.1, 0.15) is 70.3 Å². The van der Waals surface area contributed by atoms with Crippen LogP contribution in [-0.2, 0) is 16.1 Å². The molecular formula is C27H39N3O2. The number of carbonyl (C=O) groups is 2. The highest BCUT2D eigenvalue weighted by Gasteiger charge is 2.54. The Morgan fingerprint density at radius 3 is 2.16 bits per heavy atom. The van der Waals surface area contributed by atoms with Crippen LogP contribution in [-0.4, -0.2) is 36.3 Å². The van der Waals surface area contributed by atoms with Crippen molar-refractivity contribution in [3.63, 3.8) is 0 Å². The molecule has 4 bridgehead atoms. The second-order valence-corrected chi connectivity index (χ2v) is 11.4. The number of benzene rings is 1. The minimum absolute atomic E-state index is 0.0337. The Morgan fingerprint density at radius 1 is 0.969 bits per heavy atom. The summed E-state index contributed by atoms with van der Waals surface area (Å²) in [5.74, 6) is 3.31. The Balaban J connectivity index is 1.05. The van der Waals surface area contributed by atoms with E-state index >= 15 is 0 Å². The quantitative estimate of drug-likeness (QED) is 0.656. The van der Waals surface area contributed by atoms with Gasteiger partial charge in [-0.05, 0) is 106 Å². The zero-order valence-electron chi connectivity index (χ0n) is 19.6. The average molecular weight is 438 g/mol. The van der Waals surface area contributed by atoms with E-state index in [4.69, 9.17) is 0 Å². The van der Waals surface area contributed by atoms with E-state index in [1.807, 2.05) is 12.1 Å². The number of nitrogens with zero attached hydrogens (tertiary/aromatic N) is 1. The summed E-state index contributed by atoms with van der Waals surface area (Å²) >= 11 is 0. The number of carbonyl (C=O) groups excluding carboxylic acids is 2. The maximum atomic E-state index is 13.0. The van der Waals surface area contributed by atoms with Crippen LogP contribution in [0.4, 0.5) is 5.69 Å². The average Bonchev–Trinajstić information content (AvgIpc) is 2.76. The lowest BCUT2D eigenvalue weighted by Gasteiger charge is -2.55. The monoisotopic (exact) mass is 437 g/mol. The Kier molecular flexibility index (Phi) is 6.28. The van der Waals surface area contributed by atoms with E-state index in [1.165, 1.54) is 50.8 Å². The van der Waals surface area contributed by atoms with Crippen molar-refractivity contribution in [1.82, 2.24) is 10.2 Å². The molecule has 5 heteroatoms. The predicted molar refractivity (Wildman–Crippen MR) is 127 cm³/mol. The molecule has 4 aliphatic carbocycles. The Morgan fingerprint density at radius 2 is 1.56 bits per heavy atom. The van der Waals surface area contributed by atoms with E-state index in [0.29, 0.717) is 13.0 Å². The molecule has 32 heavy (non-hydrogen) atoms. The van der Waals surface area contributed by atoms with Crippen LogP contribution < -0.4 is 10.6 Å². The number of hydrogen-bond acceptors (Lipinski definition) is 3. The van der Waals surface area contributed by atoms with Crippen LogP contribution in [0.3, 0.4) is 0 Å². The van der Waals surface area contributed by atoms with Crippen molar-refractivity contribution in [3.05, 3.63) is 29.8 Å². The van der Waals surface area contributed by atoms with Gasteiger partial charge in [0.15, 0.2) is 0 Å². The van der Waals surface area contributed by atoms with Crippen molar-refractivity contribution in [2.45, 2.75) is 71.3 Å². The lowest BCUT2D eigenvalue weighted by atomic mass is 9.49. The molecule has 0 unspecified atom stereocenters. The smallest absolute Gasteiger partial charge is 0.226 e. The zero-order valence-corrected chi connectivity index (χ0v) is 19.6. The van der Waals surface area contributed by atoms with E-state index in [1.54, 1.807) is 0 Å². The Labute approximate surface area is 192 Å². The summed E-state index contributed by atoms with van der Waals surface area (Å²) in [6, 6.07) is 8.21. The molecule has 1 heterocycles. The maximum Gasteiger partial charge on any atom is 0.226 e. The molecule has 1 aliphatic heterocycles. The number of hydrogen-bond donors (Lipinski definition) is 2. The topological polar surface area (TPSA) is 61.4 Å². The van der Waals surface area contributed by atoms with Crippen LogP contribution in [0.25, 0.3) is 0 Å². The molecule has 1 aromatic carbocycles. The standard InChI is InChI=1S/C27H39N3O2/c1-19-7-10-30(11-8-19)18-20-2-4-24(5-3-20)29-25(31)6-9-28-26(32)27-15-21-12-22(16-27)14-23(13-21)17-27/h2-5,19,21-23H,6-18H2,1H3,(H,28,32)(H,29,31). The third-order valence-electron chi connectivity index (χ3n) is 8.68. The van der Waals surface area contributed by atoms with Gasteiger partial charge in [0, 0.05) is 30.6 Å². The summed E-state index contributed by atoms with van der Waals surface area (Å²) in [5.41, 5.74) is 1.99. The summed E-state index contributed by atoms with van der Waals surface area (Å²) in [4.78, 5) is 27.9. The van der Waals surface area contributed by atoms with Crippen LogP contribution in [0.2, 0.25) is 0 Å². The van der Waals surface area contributed by atoms with Gasteiger partial charge in [0.25, 0.3) is 0 Å². The highest BCUT2D eigenvalue weighted by molar-refractivity contribution is 5.91. The van der Waals surface area contributed by atoms with Crippen molar-refractivity contribution in [1.29, 1.82) is 0 Å². The molecule has 5 fully saturated rings. The van der Waals surface area contributed by atoms with Gasteiger partial charge in [-0.1, -0.05) is 19.1 Å². The number of rotatable bonds is 7. The van der Waals surface area contributed by atoms with Gasteiger partial charge in [0.1, 0.15) is 0 Å². The van der Waals surface area contributed by atoms with Gasteiger partial charge in [-0.25, -0.2) is 0 Å². The second-order valence-electron chi connectivity index (χ2n) is 11.4. The van der Waals surface area contributed by atoms with Gasteiger partial charge in [-0.2, -0.15) is 0 Å². The molecule has 0 spiro atoms. The van der Waals surface area contributed by atoms with Crippen LogP contribution >= 0.6 is 0 Å². The maximum absolute atomic E-state index is 13.0. The van der Waals surface area contributed by atoms with E-state index < -0.39 is 0 Å². The van der Waals surface area contributed by atoms with Gasteiger partial charge in [-0.3, -0.25) is 14.5 Å². The number of amides is 2. The first kappa shape index (κ1) is 21.9. The Hall–Kier alpha value is -1.88. The number of piperidine rings is 1. The zero-order chi connectivity index (χ0) is 22.1. The largest absolute Gasteiger partial charge is 0.355 e. The Bertz CT molecular complexity index is 791. The first-order chi connectivity index (χ1) is 15.5.